The van der Waals surface area contributed by atoms with E-state index in [4.69, 9.17) is 39.9 Å². The molecular weight excluding hydrogens is 292 g/mol. The van der Waals surface area contributed by atoms with Gasteiger partial charge in [-0.15, -0.1) is 0 Å². The minimum atomic E-state index is -2.86. The normalized spacial score (nSPS) is 14.3. The van der Waals surface area contributed by atoms with Gasteiger partial charge < -0.3 is 27.3 Å². The molecule has 1 radical (unpaired) electrons. The first-order valence-electron chi connectivity index (χ1n) is 1.55. The van der Waals surface area contributed by atoms with Crippen molar-refractivity contribution in [3.63, 3.8) is 0 Å². The van der Waals surface area contributed by atoms with Crippen LogP contribution in [0.5, 0.6) is 0 Å². The minimum Gasteiger partial charge on any atom is -0.750 e. The molecular formula is H3CrO9S3. The zero-order valence-corrected chi connectivity index (χ0v) is 9.15. The Balaban J connectivity index is -0.0000000450. The summed E-state index contributed by atoms with van der Waals surface area (Å²) in [5.41, 5.74) is 0. The second kappa shape index (κ2) is 18.5. The van der Waals surface area contributed by atoms with Gasteiger partial charge in [0.25, 0.3) is 0 Å². The van der Waals surface area contributed by atoms with E-state index in [0.29, 0.717) is 0 Å². The Morgan fingerprint density at radius 2 is 0.692 bits per heavy atom. The van der Waals surface area contributed by atoms with Crippen LogP contribution in [0.3, 0.4) is 0 Å². The standard InChI is InChI=1S/Cr.3H2O3S/c;3*1-4(2)3/h;3*(H2,1,2,3)/q+3;;;/p-3. The van der Waals surface area contributed by atoms with Crippen LogP contribution in [-0.4, -0.2) is 39.9 Å². The van der Waals surface area contributed by atoms with Gasteiger partial charge in [0, 0.05) is 0 Å². The summed E-state index contributed by atoms with van der Waals surface area (Å²) in [6.07, 6.45) is 0. The smallest absolute Gasteiger partial charge is 0.750 e. The van der Waals surface area contributed by atoms with Crippen molar-refractivity contribution in [2.45, 2.75) is 0 Å². The van der Waals surface area contributed by atoms with Crippen molar-refractivity contribution in [1.29, 1.82) is 0 Å². The predicted molar refractivity (Wildman–Crippen MR) is 34.6 cm³/mol. The quantitative estimate of drug-likeness (QED) is 0.426. The monoisotopic (exact) mass is 295 g/mol. The van der Waals surface area contributed by atoms with Crippen LogP contribution in [0.2, 0.25) is 0 Å². The maximum absolute atomic E-state index is 8.56. The molecule has 0 bridgehead atoms. The predicted octanol–water partition coefficient (Wildman–Crippen LogP) is -1.99. The third kappa shape index (κ3) is 2670. The Kier molecular flexibility index (Phi) is 33.5. The Hall–Kier alpha value is 0.742. The summed E-state index contributed by atoms with van der Waals surface area (Å²) in [7, 11) is 0. The number of hydrogen-bond acceptors (Lipinski definition) is 6. The zero-order chi connectivity index (χ0) is 10.7. The molecule has 0 aromatic rings. The third-order valence-corrected chi connectivity index (χ3v) is 0. The Labute approximate surface area is 91.4 Å². The zero-order valence-electron chi connectivity index (χ0n) is 5.42. The summed E-state index contributed by atoms with van der Waals surface area (Å²) in [6, 6.07) is 0. The first kappa shape index (κ1) is 23.5. The van der Waals surface area contributed by atoms with Crippen molar-refractivity contribution in [3.8, 4) is 0 Å². The molecule has 0 aromatic carbocycles. The fraction of sp³-hybridized carbons (Fsp3) is 0. The Morgan fingerprint density at radius 1 is 0.692 bits per heavy atom. The summed E-state index contributed by atoms with van der Waals surface area (Å²) >= 11 is -8.58. The fourth-order valence-corrected chi connectivity index (χ4v) is 0. The van der Waals surface area contributed by atoms with Crippen LogP contribution in [0, 0.1) is 0 Å². The van der Waals surface area contributed by atoms with Gasteiger partial charge in [-0.05, 0) is 0 Å². The van der Waals surface area contributed by atoms with Gasteiger partial charge >= 0.3 is 17.4 Å². The first-order chi connectivity index (χ1) is 5.20. The van der Waals surface area contributed by atoms with Crippen LogP contribution in [0.4, 0.5) is 0 Å². The molecule has 81 valence electrons. The Morgan fingerprint density at radius 3 is 0.692 bits per heavy atom. The molecule has 13 heteroatoms. The van der Waals surface area contributed by atoms with E-state index >= 15 is 0 Å². The average molecular weight is 295 g/mol. The van der Waals surface area contributed by atoms with Crippen LogP contribution in [0.1, 0.15) is 0 Å². The van der Waals surface area contributed by atoms with Gasteiger partial charge in [0.1, 0.15) is 0 Å². The van der Waals surface area contributed by atoms with Gasteiger partial charge in [-0.1, -0.05) is 0 Å². The third-order valence-electron chi connectivity index (χ3n) is 0. The summed E-state index contributed by atoms with van der Waals surface area (Å²) in [6.45, 7) is 0. The molecule has 3 atom stereocenters. The second-order valence-electron chi connectivity index (χ2n) is 0.651. The van der Waals surface area contributed by atoms with E-state index in [1.54, 1.807) is 0 Å². The average Bonchev–Trinajstić information content (AvgIpc) is 1.54. The molecule has 0 fully saturated rings. The van der Waals surface area contributed by atoms with Crippen LogP contribution in [0.15, 0.2) is 0 Å². The van der Waals surface area contributed by atoms with Crippen LogP contribution in [-0.2, 0) is 51.4 Å². The maximum Gasteiger partial charge on any atom is 3.00 e. The molecule has 0 saturated carbocycles. The SMILES string of the molecule is O=S([O-])O.O=S([O-])O.O=S([O-])O.[Cr+3]. The van der Waals surface area contributed by atoms with Crippen molar-refractivity contribution in [2.24, 2.45) is 0 Å². The van der Waals surface area contributed by atoms with Crippen molar-refractivity contribution >= 4 is 34.1 Å². The molecule has 3 unspecified atom stereocenters. The van der Waals surface area contributed by atoms with E-state index < -0.39 is 34.1 Å². The molecule has 0 aliphatic heterocycles. The molecule has 0 amide bonds. The van der Waals surface area contributed by atoms with Gasteiger partial charge in [0.05, 0.1) is 34.1 Å². The van der Waals surface area contributed by atoms with E-state index in [9.17, 15) is 0 Å². The second-order valence-corrected chi connectivity index (χ2v) is 1.95. The van der Waals surface area contributed by atoms with Crippen LogP contribution >= 0.6 is 0 Å². The molecule has 0 aliphatic rings. The maximum atomic E-state index is 8.56. The molecule has 3 N–H and O–H groups in total. The van der Waals surface area contributed by atoms with E-state index in [-0.39, 0.29) is 17.4 Å². The van der Waals surface area contributed by atoms with Gasteiger partial charge in [0.2, 0.25) is 0 Å². The van der Waals surface area contributed by atoms with Gasteiger partial charge in [-0.2, -0.15) is 0 Å². The number of hydrogen-bond donors (Lipinski definition) is 3. The molecule has 0 spiro atoms. The van der Waals surface area contributed by atoms with Gasteiger partial charge in [-0.3, -0.25) is 0 Å². The van der Waals surface area contributed by atoms with E-state index in [2.05, 4.69) is 0 Å². The summed E-state index contributed by atoms with van der Waals surface area (Å²) in [4.78, 5) is 0. The summed E-state index contributed by atoms with van der Waals surface area (Å²) < 4.78 is 72.2. The topological polar surface area (TPSA) is 181 Å². The molecule has 0 heterocycles. The van der Waals surface area contributed by atoms with Crippen molar-refractivity contribution in [1.82, 2.24) is 0 Å². The first-order valence-corrected chi connectivity index (χ1v) is 4.64. The minimum absolute atomic E-state index is 0. The Bertz CT molecular complexity index is 112. The fourth-order valence-electron chi connectivity index (χ4n) is 0. The van der Waals surface area contributed by atoms with Crippen LogP contribution in [0.25, 0.3) is 0 Å². The van der Waals surface area contributed by atoms with Crippen molar-refractivity contribution < 1.29 is 57.3 Å². The molecule has 0 rings (SSSR count). The summed E-state index contributed by atoms with van der Waals surface area (Å²) in [5.74, 6) is 0. The molecule has 0 aromatic heterocycles. The van der Waals surface area contributed by atoms with Crippen LogP contribution < -0.4 is 0 Å². The molecule has 9 nitrogen and oxygen atoms in total. The molecule has 0 aliphatic carbocycles. The number of rotatable bonds is 0. The molecule has 0 saturated heterocycles. The van der Waals surface area contributed by atoms with E-state index in [1.807, 2.05) is 0 Å². The molecule has 13 heavy (non-hydrogen) atoms. The van der Waals surface area contributed by atoms with E-state index in [0.717, 1.165) is 0 Å². The van der Waals surface area contributed by atoms with Gasteiger partial charge in [0.15, 0.2) is 0 Å². The summed E-state index contributed by atoms with van der Waals surface area (Å²) in [5, 5.41) is 0. The van der Waals surface area contributed by atoms with Gasteiger partial charge in [-0.25, -0.2) is 12.6 Å². The van der Waals surface area contributed by atoms with Crippen molar-refractivity contribution in [2.75, 3.05) is 0 Å². The van der Waals surface area contributed by atoms with E-state index in [1.165, 1.54) is 0 Å². The van der Waals surface area contributed by atoms with Crippen molar-refractivity contribution in [3.05, 3.63) is 0 Å². The largest absolute Gasteiger partial charge is 3.00 e.